The van der Waals surface area contributed by atoms with Crippen LogP contribution >= 0.6 is 11.6 Å². The molecule has 33 heavy (non-hydrogen) atoms. The lowest BCUT2D eigenvalue weighted by molar-refractivity contribution is -0.117. The van der Waals surface area contributed by atoms with Gasteiger partial charge in [-0.2, -0.15) is 5.26 Å². The standard InChI is InChI=1S/C25H33ClN4O3/c1-30(2)23-9-10-24-20(18-23)7-8-22(29-24)17-21(19-27)25(31)28-12-14-33-16-15-32-13-6-4-3-5-11-26/h7-10,17-18H,3-6,11-16H2,1-2H3,(H,28,31)/b21-17+. The maximum atomic E-state index is 12.3. The van der Waals surface area contributed by atoms with Crippen LogP contribution in [0.1, 0.15) is 31.4 Å². The lowest BCUT2D eigenvalue weighted by Gasteiger charge is -2.12. The Balaban J connectivity index is 1.72. The number of hydrogen-bond acceptors (Lipinski definition) is 6. The van der Waals surface area contributed by atoms with Crippen LogP contribution in [-0.4, -0.2) is 63.8 Å². The van der Waals surface area contributed by atoms with Crippen molar-refractivity contribution in [2.24, 2.45) is 0 Å². The Bertz CT molecular complexity index is 956. The van der Waals surface area contributed by atoms with E-state index in [1.54, 1.807) is 6.07 Å². The van der Waals surface area contributed by atoms with Gasteiger partial charge in [-0.15, -0.1) is 11.6 Å². The molecule has 7 nitrogen and oxygen atoms in total. The Morgan fingerprint density at radius 3 is 2.58 bits per heavy atom. The number of rotatable bonds is 15. The van der Waals surface area contributed by atoms with Crippen LogP contribution in [0.5, 0.6) is 0 Å². The van der Waals surface area contributed by atoms with E-state index in [-0.39, 0.29) is 5.57 Å². The predicted octanol–water partition coefficient (Wildman–Crippen LogP) is 4.16. The van der Waals surface area contributed by atoms with Crippen LogP contribution in [-0.2, 0) is 14.3 Å². The first kappa shape index (κ1) is 26.6. The summed E-state index contributed by atoms with van der Waals surface area (Å²) in [5.74, 6) is 0.272. The van der Waals surface area contributed by atoms with E-state index in [1.165, 1.54) is 6.08 Å². The molecular weight excluding hydrogens is 440 g/mol. The third kappa shape index (κ3) is 9.79. The number of unbranched alkanes of at least 4 members (excludes halogenated alkanes) is 3. The second-order valence-electron chi connectivity index (χ2n) is 7.76. The number of carbonyl (C=O) groups is 1. The van der Waals surface area contributed by atoms with Gasteiger partial charge in [0.15, 0.2) is 0 Å². The van der Waals surface area contributed by atoms with Crippen LogP contribution in [0.4, 0.5) is 5.69 Å². The monoisotopic (exact) mass is 472 g/mol. The van der Waals surface area contributed by atoms with Crippen molar-refractivity contribution in [2.45, 2.75) is 25.7 Å². The summed E-state index contributed by atoms with van der Waals surface area (Å²) in [4.78, 5) is 18.9. The number of ether oxygens (including phenoxy) is 2. The van der Waals surface area contributed by atoms with E-state index in [9.17, 15) is 10.1 Å². The molecule has 0 fully saturated rings. The smallest absolute Gasteiger partial charge is 0.262 e. The van der Waals surface area contributed by atoms with Crippen molar-refractivity contribution in [1.29, 1.82) is 5.26 Å². The number of hydrogen-bond donors (Lipinski definition) is 1. The summed E-state index contributed by atoms with van der Waals surface area (Å²) < 4.78 is 11.0. The molecule has 1 heterocycles. The van der Waals surface area contributed by atoms with Crippen molar-refractivity contribution in [3.63, 3.8) is 0 Å². The van der Waals surface area contributed by atoms with Gasteiger partial charge in [-0.05, 0) is 43.2 Å². The van der Waals surface area contributed by atoms with Gasteiger partial charge < -0.3 is 19.7 Å². The number of anilines is 1. The Labute approximate surface area is 201 Å². The highest BCUT2D eigenvalue weighted by Crippen LogP contribution is 2.20. The maximum Gasteiger partial charge on any atom is 0.262 e. The quantitative estimate of drug-likeness (QED) is 0.181. The van der Waals surface area contributed by atoms with Crippen molar-refractivity contribution in [2.75, 3.05) is 57.8 Å². The van der Waals surface area contributed by atoms with E-state index in [2.05, 4.69) is 10.3 Å². The first-order chi connectivity index (χ1) is 16.0. The van der Waals surface area contributed by atoms with E-state index in [4.69, 9.17) is 21.1 Å². The second-order valence-corrected chi connectivity index (χ2v) is 8.14. The Morgan fingerprint density at radius 1 is 1.09 bits per heavy atom. The molecule has 1 amide bonds. The lowest BCUT2D eigenvalue weighted by atomic mass is 10.1. The van der Waals surface area contributed by atoms with Crippen LogP contribution in [0, 0.1) is 11.3 Å². The number of alkyl halides is 1. The fraction of sp³-hybridized carbons (Fsp3) is 0.480. The average molecular weight is 473 g/mol. The maximum absolute atomic E-state index is 12.3. The first-order valence-corrected chi connectivity index (χ1v) is 11.8. The van der Waals surface area contributed by atoms with E-state index < -0.39 is 5.91 Å². The third-order valence-corrected chi connectivity index (χ3v) is 5.21. The van der Waals surface area contributed by atoms with Crippen molar-refractivity contribution < 1.29 is 14.3 Å². The van der Waals surface area contributed by atoms with Gasteiger partial charge in [-0.3, -0.25) is 4.79 Å². The summed E-state index contributed by atoms with van der Waals surface area (Å²) in [5, 5.41) is 13.1. The fourth-order valence-corrected chi connectivity index (χ4v) is 3.28. The molecule has 0 aliphatic heterocycles. The SMILES string of the molecule is CN(C)c1ccc2nc(/C=C(\C#N)C(=O)NCCOCCOCCCCCCCl)ccc2c1. The highest BCUT2D eigenvalue weighted by molar-refractivity contribution is 6.17. The van der Waals surface area contributed by atoms with Gasteiger partial charge in [-0.25, -0.2) is 4.98 Å². The first-order valence-electron chi connectivity index (χ1n) is 11.2. The number of amides is 1. The number of pyridine rings is 1. The van der Waals surface area contributed by atoms with Gasteiger partial charge in [0.25, 0.3) is 5.91 Å². The average Bonchev–Trinajstić information content (AvgIpc) is 2.82. The van der Waals surface area contributed by atoms with Gasteiger partial charge in [0.1, 0.15) is 11.6 Å². The molecule has 0 radical (unpaired) electrons. The summed E-state index contributed by atoms with van der Waals surface area (Å²) in [5.41, 5.74) is 2.45. The number of nitrogens with zero attached hydrogens (tertiary/aromatic N) is 3. The molecule has 1 aromatic carbocycles. The second kappa shape index (κ2) is 15.2. The Hall–Kier alpha value is -2.66. The fourth-order valence-electron chi connectivity index (χ4n) is 3.09. The summed E-state index contributed by atoms with van der Waals surface area (Å²) in [6.07, 6.45) is 5.84. The zero-order chi connectivity index (χ0) is 23.9. The van der Waals surface area contributed by atoms with Crippen LogP contribution in [0.3, 0.4) is 0 Å². The molecule has 0 spiro atoms. The number of benzene rings is 1. The van der Waals surface area contributed by atoms with Crippen molar-refractivity contribution in [1.82, 2.24) is 10.3 Å². The topological polar surface area (TPSA) is 87.5 Å². The number of halogens is 1. The van der Waals surface area contributed by atoms with Crippen LogP contribution in [0.2, 0.25) is 0 Å². The largest absolute Gasteiger partial charge is 0.379 e. The van der Waals surface area contributed by atoms with Gasteiger partial charge in [0.2, 0.25) is 0 Å². The minimum Gasteiger partial charge on any atom is -0.379 e. The van der Waals surface area contributed by atoms with E-state index in [0.717, 1.165) is 54.8 Å². The highest BCUT2D eigenvalue weighted by atomic mass is 35.5. The molecule has 0 bridgehead atoms. The van der Waals surface area contributed by atoms with E-state index >= 15 is 0 Å². The van der Waals surface area contributed by atoms with Gasteiger partial charge in [-0.1, -0.05) is 18.9 Å². The molecule has 0 aliphatic carbocycles. The normalized spacial score (nSPS) is 11.4. The molecule has 1 N–H and O–H groups in total. The lowest BCUT2D eigenvalue weighted by Crippen LogP contribution is -2.28. The van der Waals surface area contributed by atoms with Gasteiger partial charge in [0, 0.05) is 44.2 Å². The summed E-state index contributed by atoms with van der Waals surface area (Å²) in [7, 11) is 3.96. The molecule has 2 rings (SSSR count). The highest BCUT2D eigenvalue weighted by Gasteiger charge is 2.09. The molecule has 8 heteroatoms. The van der Waals surface area contributed by atoms with Crippen molar-refractivity contribution in [3.05, 3.63) is 41.6 Å². The van der Waals surface area contributed by atoms with Gasteiger partial charge >= 0.3 is 0 Å². The Kier molecular flexibility index (Phi) is 12.3. The summed E-state index contributed by atoms with van der Waals surface area (Å²) in [6, 6.07) is 11.6. The predicted molar refractivity (Wildman–Crippen MR) is 133 cm³/mol. The van der Waals surface area contributed by atoms with Crippen molar-refractivity contribution in [3.8, 4) is 6.07 Å². The molecule has 0 unspecified atom stereocenters. The Morgan fingerprint density at radius 2 is 1.85 bits per heavy atom. The zero-order valence-electron chi connectivity index (χ0n) is 19.5. The molecule has 0 atom stereocenters. The molecule has 0 saturated carbocycles. The number of nitriles is 1. The minimum atomic E-state index is -0.445. The van der Waals surface area contributed by atoms with Crippen LogP contribution in [0.15, 0.2) is 35.9 Å². The molecule has 0 saturated heterocycles. The molecule has 178 valence electrons. The van der Waals surface area contributed by atoms with Gasteiger partial charge in [0.05, 0.1) is 31.0 Å². The molecular formula is C25H33ClN4O3. The zero-order valence-corrected chi connectivity index (χ0v) is 20.2. The molecule has 0 aliphatic rings. The third-order valence-electron chi connectivity index (χ3n) is 4.94. The van der Waals surface area contributed by atoms with Crippen LogP contribution in [0.25, 0.3) is 17.0 Å². The molecule has 1 aromatic heterocycles. The summed E-state index contributed by atoms with van der Waals surface area (Å²) in [6.45, 7) is 2.38. The van der Waals surface area contributed by atoms with Crippen molar-refractivity contribution >= 4 is 40.2 Å². The summed E-state index contributed by atoms with van der Waals surface area (Å²) >= 11 is 5.64. The minimum absolute atomic E-state index is 0.00395. The number of fused-ring (bicyclic) bond motifs is 1. The number of carbonyl (C=O) groups excluding carboxylic acids is 1. The number of aromatic nitrogens is 1. The molecule has 2 aromatic rings. The van der Waals surface area contributed by atoms with E-state index in [0.29, 0.717) is 32.1 Å². The van der Waals surface area contributed by atoms with E-state index in [1.807, 2.05) is 49.3 Å². The van der Waals surface area contributed by atoms with Crippen LogP contribution < -0.4 is 10.2 Å². The number of nitrogens with one attached hydrogen (secondary N) is 1.